The molecule has 106 valence electrons. The zero-order valence-electron chi connectivity index (χ0n) is 11.9. The van der Waals surface area contributed by atoms with Crippen molar-refractivity contribution in [1.82, 2.24) is 9.88 Å². The molecule has 1 aromatic rings. The summed E-state index contributed by atoms with van der Waals surface area (Å²) in [6, 6.07) is 2.07. The highest BCUT2D eigenvalue weighted by molar-refractivity contribution is 5.98. The minimum atomic E-state index is 0.145. The van der Waals surface area contributed by atoms with E-state index in [1.165, 1.54) is 6.42 Å². The van der Waals surface area contributed by atoms with Crippen molar-refractivity contribution in [2.24, 2.45) is 0 Å². The Hall–Kier alpha value is -1.13. The number of rotatable bonds is 4. The average molecular weight is 264 g/mol. The van der Waals surface area contributed by atoms with Gasteiger partial charge in [0, 0.05) is 23.0 Å². The van der Waals surface area contributed by atoms with Gasteiger partial charge in [-0.05, 0) is 39.3 Å². The van der Waals surface area contributed by atoms with Crippen LogP contribution in [0.1, 0.15) is 47.4 Å². The molecule has 2 rings (SSSR count). The second kappa shape index (κ2) is 6.35. The number of nitrogens with one attached hydrogen (secondary N) is 1. The molecule has 0 radical (unpaired) electrons. The summed E-state index contributed by atoms with van der Waals surface area (Å²) in [6.45, 7) is 5.39. The summed E-state index contributed by atoms with van der Waals surface area (Å²) in [6.07, 6.45) is 4.46. The SMILES string of the molecule is Cc1cc(C(=O)CN2CCCCCC2CO)c(C)[nH]1. The highest BCUT2D eigenvalue weighted by Gasteiger charge is 2.23. The van der Waals surface area contributed by atoms with E-state index in [9.17, 15) is 9.90 Å². The number of aromatic amines is 1. The summed E-state index contributed by atoms with van der Waals surface area (Å²) in [5, 5.41) is 9.47. The van der Waals surface area contributed by atoms with E-state index in [0.717, 1.165) is 42.8 Å². The molecule has 2 heterocycles. The Bertz CT molecular complexity index is 439. The lowest BCUT2D eigenvalue weighted by atomic mass is 10.1. The fourth-order valence-electron chi connectivity index (χ4n) is 2.93. The predicted octanol–water partition coefficient (Wildman–Crippen LogP) is 2.05. The number of carbonyl (C=O) groups excluding carboxylic acids is 1. The summed E-state index contributed by atoms with van der Waals surface area (Å²) in [5.74, 6) is 0.155. The molecule has 1 atom stereocenters. The number of likely N-dealkylation sites (tertiary alicyclic amines) is 1. The van der Waals surface area contributed by atoms with Crippen molar-refractivity contribution in [3.05, 3.63) is 23.0 Å². The molecule has 1 aromatic heterocycles. The molecule has 4 heteroatoms. The smallest absolute Gasteiger partial charge is 0.178 e. The summed E-state index contributed by atoms with van der Waals surface area (Å²) in [4.78, 5) is 17.7. The summed E-state index contributed by atoms with van der Waals surface area (Å²) in [7, 11) is 0. The molecule has 0 aromatic carbocycles. The van der Waals surface area contributed by atoms with E-state index in [1.807, 2.05) is 19.9 Å². The second-order valence-electron chi connectivity index (χ2n) is 5.57. The standard InChI is InChI=1S/C15H24N2O2/c1-11-8-14(12(2)16-11)15(19)9-17-7-5-3-4-6-13(17)10-18/h8,13,16,18H,3-7,9-10H2,1-2H3. The van der Waals surface area contributed by atoms with Gasteiger partial charge >= 0.3 is 0 Å². The number of aryl methyl sites for hydroxylation is 2. The van der Waals surface area contributed by atoms with Gasteiger partial charge in [0.15, 0.2) is 5.78 Å². The predicted molar refractivity (Wildman–Crippen MR) is 75.5 cm³/mol. The van der Waals surface area contributed by atoms with Gasteiger partial charge in [-0.2, -0.15) is 0 Å². The molecule has 1 aliphatic rings. The van der Waals surface area contributed by atoms with E-state index < -0.39 is 0 Å². The summed E-state index contributed by atoms with van der Waals surface area (Å²) in [5.41, 5.74) is 2.76. The van der Waals surface area contributed by atoms with E-state index in [-0.39, 0.29) is 18.4 Å². The topological polar surface area (TPSA) is 56.3 Å². The van der Waals surface area contributed by atoms with E-state index in [1.54, 1.807) is 0 Å². The minimum Gasteiger partial charge on any atom is -0.395 e. The highest BCUT2D eigenvalue weighted by atomic mass is 16.3. The first-order valence-electron chi connectivity index (χ1n) is 7.16. The molecular formula is C15H24N2O2. The van der Waals surface area contributed by atoms with Crippen LogP contribution in [0.2, 0.25) is 0 Å². The van der Waals surface area contributed by atoms with Crippen molar-refractivity contribution >= 4 is 5.78 Å². The van der Waals surface area contributed by atoms with E-state index in [0.29, 0.717) is 6.54 Å². The number of aliphatic hydroxyl groups is 1. The molecule has 1 aliphatic heterocycles. The third-order valence-corrected chi connectivity index (χ3v) is 4.01. The first-order chi connectivity index (χ1) is 9.11. The van der Waals surface area contributed by atoms with Crippen LogP contribution in [0.4, 0.5) is 0 Å². The van der Waals surface area contributed by atoms with Crippen LogP contribution in [0.25, 0.3) is 0 Å². The summed E-state index contributed by atoms with van der Waals surface area (Å²) >= 11 is 0. The number of nitrogens with zero attached hydrogens (tertiary/aromatic N) is 1. The Morgan fingerprint density at radius 1 is 1.42 bits per heavy atom. The van der Waals surface area contributed by atoms with E-state index in [2.05, 4.69) is 9.88 Å². The number of H-pyrrole nitrogens is 1. The fraction of sp³-hybridized carbons (Fsp3) is 0.667. The Morgan fingerprint density at radius 3 is 2.84 bits per heavy atom. The maximum absolute atomic E-state index is 12.4. The van der Waals surface area contributed by atoms with Crippen LogP contribution in [-0.2, 0) is 0 Å². The van der Waals surface area contributed by atoms with Gasteiger partial charge in [0.25, 0.3) is 0 Å². The second-order valence-corrected chi connectivity index (χ2v) is 5.57. The van der Waals surface area contributed by atoms with Gasteiger partial charge in [-0.25, -0.2) is 0 Å². The molecule has 0 aliphatic carbocycles. The number of Topliss-reactive ketones (excluding diaryl/α,β-unsaturated/α-hetero) is 1. The monoisotopic (exact) mass is 264 g/mol. The maximum Gasteiger partial charge on any atom is 0.178 e. The van der Waals surface area contributed by atoms with Crippen molar-refractivity contribution in [3.63, 3.8) is 0 Å². The summed E-state index contributed by atoms with van der Waals surface area (Å²) < 4.78 is 0. The lowest BCUT2D eigenvalue weighted by Crippen LogP contribution is -2.40. The molecule has 2 N–H and O–H groups in total. The molecule has 1 saturated heterocycles. The molecule has 1 fully saturated rings. The first kappa shape index (κ1) is 14.3. The molecule has 19 heavy (non-hydrogen) atoms. The normalized spacial score (nSPS) is 21.3. The van der Waals surface area contributed by atoms with Gasteiger partial charge in [-0.15, -0.1) is 0 Å². The number of aliphatic hydroxyl groups excluding tert-OH is 1. The van der Waals surface area contributed by atoms with Gasteiger partial charge in [0.1, 0.15) is 0 Å². The molecule has 0 amide bonds. The quantitative estimate of drug-likeness (QED) is 0.818. The Morgan fingerprint density at radius 2 is 2.21 bits per heavy atom. The number of carbonyl (C=O) groups is 1. The third kappa shape index (κ3) is 3.45. The molecular weight excluding hydrogens is 240 g/mol. The lowest BCUT2D eigenvalue weighted by Gasteiger charge is -2.27. The van der Waals surface area contributed by atoms with Crippen LogP contribution in [-0.4, -0.2) is 46.5 Å². The van der Waals surface area contributed by atoms with Crippen LogP contribution in [0.5, 0.6) is 0 Å². The maximum atomic E-state index is 12.4. The molecule has 0 spiro atoms. The lowest BCUT2D eigenvalue weighted by molar-refractivity contribution is 0.0826. The minimum absolute atomic E-state index is 0.145. The number of aromatic nitrogens is 1. The van der Waals surface area contributed by atoms with E-state index in [4.69, 9.17) is 0 Å². The van der Waals surface area contributed by atoms with Gasteiger partial charge in [0.05, 0.1) is 13.2 Å². The van der Waals surface area contributed by atoms with Crippen LogP contribution in [0.15, 0.2) is 6.07 Å². The Kier molecular flexibility index (Phi) is 4.77. The van der Waals surface area contributed by atoms with Crippen molar-refractivity contribution in [2.75, 3.05) is 19.7 Å². The van der Waals surface area contributed by atoms with Gasteiger partial charge in [-0.3, -0.25) is 9.69 Å². The molecule has 4 nitrogen and oxygen atoms in total. The van der Waals surface area contributed by atoms with Crippen LogP contribution in [0.3, 0.4) is 0 Å². The van der Waals surface area contributed by atoms with Gasteiger partial charge < -0.3 is 10.1 Å². The molecule has 0 bridgehead atoms. The molecule has 1 unspecified atom stereocenters. The van der Waals surface area contributed by atoms with E-state index >= 15 is 0 Å². The van der Waals surface area contributed by atoms with Gasteiger partial charge in [-0.1, -0.05) is 12.8 Å². The van der Waals surface area contributed by atoms with Crippen molar-refractivity contribution in [1.29, 1.82) is 0 Å². The Labute approximate surface area is 114 Å². The van der Waals surface area contributed by atoms with Crippen LogP contribution >= 0.6 is 0 Å². The number of ketones is 1. The number of hydrogen-bond acceptors (Lipinski definition) is 3. The average Bonchev–Trinajstić information content (AvgIpc) is 2.60. The first-order valence-corrected chi connectivity index (χ1v) is 7.16. The highest BCUT2D eigenvalue weighted by Crippen LogP contribution is 2.18. The Balaban J connectivity index is 2.06. The number of hydrogen-bond donors (Lipinski definition) is 2. The molecule has 0 saturated carbocycles. The van der Waals surface area contributed by atoms with Gasteiger partial charge in [0.2, 0.25) is 0 Å². The van der Waals surface area contributed by atoms with Crippen molar-refractivity contribution in [2.45, 2.75) is 45.6 Å². The van der Waals surface area contributed by atoms with Crippen LogP contribution < -0.4 is 0 Å². The van der Waals surface area contributed by atoms with Crippen molar-refractivity contribution in [3.8, 4) is 0 Å². The van der Waals surface area contributed by atoms with Crippen LogP contribution in [0, 0.1) is 13.8 Å². The largest absolute Gasteiger partial charge is 0.395 e. The fourth-order valence-corrected chi connectivity index (χ4v) is 2.93. The zero-order valence-corrected chi connectivity index (χ0v) is 11.9. The van der Waals surface area contributed by atoms with Crippen molar-refractivity contribution < 1.29 is 9.90 Å². The third-order valence-electron chi connectivity index (χ3n) is 4.01. The zero-order chi connectivity index (χ0) is 13.8.